The van der Waals surface area contributed by atoms with Crippen LogP contribution in [-0.2, 0) is 9.53 Å². The normalized spacial score (nSPS) is 11.1. The number of amides is 1. The molecule has 0 atom stereocenters. The molecule has 2 N–H and O–H groups in total. The van der Waals surface area contributed by atoms with Crippen molar-refractivity contribution in [2.75, 3.05) is 20.7 Å². The zero-order chi connectivity index (χ0) is 11.4. The second kappa shape index (κ2) is 5.26. The van der Waals surface area contributed by atoms with Gasteiger partial charge in [-0.05, 0) is 13.8 Å². The molecule has 1 amide bonds. The van der Waals surface area contributed by atoms with Crippen LogP contribution >= 0.6 is 12.2 Å². The molecule has 0 aromatic heterocycles. The first-order valence-electron chi connectivity index (χ1n) is 4.40. The predicted molar refractivity (Wildman–Crippen MR) is 60.1 cm³/mol. The molecule has 0 rings (SSSR count). The number of thiocarbonyl (C=S) groups is 1. The first kappa shape index (κ1) is 13.3. The van der Waals surface area contributed by atoms with Crippen LogP contribution in [0.3, 0.4) is 0 Å². The summed E-state index contributed by atoms with van der Waals surface area (Å²) < 4.78 is 5.07. The topological polar surface area (TPSA) is 55.6 Å². The van der Waals surface area contributed by atoms with E-state index >= 15 is 0 Å². The molecule has 0 heterocycles. The molecule has 0 radical (unpaired) electrons. The Balaban J connectivity index is 4.19. The molecule has 0 unspecified atom stereocenters. The van der Waals surface area contributed by atoms with E-state index in [-0.39, 0.29) is 5.91 Å². The molecule has 14 heavy (non-hydrogen) atoms. The number of hydrogen-bond acceptors (Lipinski definition) is 3. The number of rotatable bonds is 5. The second-order valence-corrected chi connectivity index (χ2v) is 4.18. The third-order valence-corrected chi connectivity index (χ3v) is 2.27. The number of hydrogen-bond donors (Lipinski definition) is 1. The Morgan fingerprint density at radius 1 is 1.57 bits per heavy atom. The van der Waals surface area contributed by atoms with E-state index in [1.54, 1.807) is 25.8 Å². The van der Waals surface area contributed by atoms with Gasteiger partial charge in [0.15, 0.2) is 0 Å². The fourth-order valence-corrected chi connectivity index (χ4v) is 1.02. The Morgan fingerprint density at radius 2 is 2.07 bits per heavy atom. The van der Waals surface area contributed by atoms with Crippen molar-refractivity contribution in [3.8, 4) is 0 Å². The van der Waals surface area contributed by atoms with Crippen LogP contribution in [0.2, 0.25) is 0 Å². The molecule has 5 heteroatoms. The maximum atomic E-state index is 11.7. The van der Waals surface area contributed by atoms with Crippen LogP contribution in [0.4, 0.5) is 0 Å². The van der Waals surface area contributed by atoms with Crippen LogP contribution < -0.4 is 5.73 Å². The van der Waals surface area contributed by atoms with Crippen LogP contribution in [0.1, 0.15) is 20.3 Å². The van der Waals surface area contributed by atoms with E-state index in [2.05, 4.69) is 0 Å². The Morgan fingerprint density at radius 3 is 2.43 bits per heavy atom. The number of nitrogens with two attached hydrogens (primary N) is 1. The van der Waals surface area contributed by atoms with Crippen molar-refractivity contribution in [3.63, 3.8) is 0 Å². The van der Waals surface area contributed by atoms with Crippen LogP contribution in [-0.4, -0.2) is 42.1 Å². The van der Waals surface area contributed by atoms with E-state index in [1.807, 2.05) is 0 Å². The minimum absolute atomic E-state index is 0.0729. The third-order valence-electron chi connectivity index (χ3n) is 2.07. The van der Waals surface area contributed by atoms with Gasteiger partial charge >= 0.3 is 0 Å². The summed E-state index contributed by atoms with van der Waals surface area (Å²) in [5, 5.41) is 0. The Bertz CT molecular complexity index is 229. The molecule has 0 spiro atoms. The lowest BCUT2D eigenvalue weighted by Crippen LogP contribution is -2.45. The van der Waals surface area contributed by atoms with Gasteiger partial charge in [-0.15, -0.1) is 0 Å². The molecule has 0 fully saturated rings. The van der Waals surface area contributed by atoms with Gasteiger partial charge in [0.25, 0.3) is 5.91 Å². The number of nitrogens with zero attached hydrogens (tertiary/aromatic N) is 1. The van der Waals surface area contributed by atoms with Crippen molar-refractivity contribution in [2.45, 2.75) is 25.9 Å². The summed E-state index contributed by atoms with van der Waals surface area (Å²) in [5.74, 6) is -0.0729. The first-order valence-corrected chi connectivity index (χ1v) is 4.81. The van der Waals surface area contributed by atoms with E-state index in [4.69, 9.17) is 22.7 Å². The predicted octanol–water partition coefficient (Wildman–Crippen LogP) is 0.546. The SMILES string of the molecule is COC(C)(C)C(=O)N(C)CCC(N)=S. The molecule has 0 aliphatic carbocycles. The lowest BCUT2D eigenvalue weighted by molar-refractivity contribution is -0.149. The van der Waals surface area contributed by atoms with Crippen molar-refractivity contribution in [2.24, 2.45) is 5.73 Å². The second-order valence-electron chi connectivity index (χ2n) is 3.66. The molecule has 0 aromatic rings. The third kappa shape index (κ3) is 4.02. The van der Waals surface area contributed by atoms with E-state index in [0.717, 1.165) is 0 Å². The summed E-state index contributed by atoms with van der Waals surface area (Å²) in [7, 11) is 3.22. The standard InChI is InChI=1S/C9H18N2O2S/c1-9(2,13-4)8(12)11(3)6-5-7(10)14/h5-6H2,1-4H3,(H2,10,14). The highest BCUT2D eigenvalue weighted by atomic mass is 32.1. The zero-order valence-corrected chi connectivity index (χ0v) is 9.98. The molecule has 0 aliphatic heterocycles. The average Bonchev–Trinajstić information content (AvgIpc) is 2.12. The minimum Gasteiger partial charge on any atom is -0.393 e. The number of likely N-dealkylation sites (N-methyl/N-ethyl adjacent to an activating group) is 1. The fraction of sp³-hybridized carbons (Fsp3) is 0.778. The first-order chi connectivity index (χ1) is 6.31. The molecule has 4 nitrogen and oxygen atoms in total. The van der Waals surface area contributed by atoms with E-state index < -0.39 is 5.60 Å². The van der Waals surface area contributed by atoms with E-state index in [9.17, 15) is 4.79 Å². The van der Waals surface area contributed by atoms with Gasteiger partial charge in [-0.25, -0.2) is 0 Å². The number of carbonyl (C=O) groups excluding carboxylic acids is 1. The minimum atomic E-state index is -0.787. The van der Waals surface area contributed by atoms with Gasteiger partial charge in [-0.2, -0.15) is 0 Å². The Kier molecular flexibility index (Phi) is 5.01. The van der Waals surface area contributed by atoms with E-state index in [0.29, 0.717) is 18.0 Å². The summed E-state index contributed by atoms with van der Waals surface area (Å²) in [4.78, 5) is 13.7. The smallest absolute Gasteiger partial charge is 0.253 e. The summed E-state index contributed by atoms with van der Waals surface area (Å²) in [6, 6.07) is 0. The number of carbonyl (C=O) groups is 1. The van der Waals surface area contributed by atoms with Gasteiger partial charge in [0.2, 0.25) is 0 Å². The van der Waals surface area contributed by atoms with Gasteiger partial charge in [0.05, 0.1) is 4.99 Å². The van der Waals surface area contributed by atoms with Gasteiger partial charge < -0.3 is 15.4 Å². The summed E-state index contributed by atoms with van der Waals surface area (Å²) in [6.07, 6.45) is 0.539. The molecular weight excluding hydrogens is 200 g/mol. The molecule has 82 valence electrons. The Hall–Kier alpha value is -0.680. The fourth-order valence-electron chi connectivity index (χ4n) is 0.926. The van der Waals surface area contributed by atoms with Crippen LogP contribution in [0.25, 0.3) is 0 Å². The quantitative estimate of drug-likeness (QED) is 0.685. The molecule has 0 saturated carbocycles. The molecular formula is C9H18N2O2S. The van der Waals surface area contributed by atoms with Gasteiger partial charge in [0.1, 0.15) is 5.60 Å². The molecule has 0 saturated heterocycles. The van der Waals surface area contributed by atoms with Gasteiger partial charge in [-0.3, -0.25) is 4.79 Å². The van der Waals surface area contributed by atoms with Gasteiger partial charge in [0, 0.05) is 27.1 Å². The van der Waals surface area contributed by atoms with Crippen molar-refractivity contribution in [1.29, 1.82) is 0 Å². The van der Waals surface area contributed by atoms with Crippen molar-refractivity contribution in [1.82, 2.24) is 4.90 Å². The van der Waals surface area contributed by atoms with Crippen molar-refractivity contribution < 1.29 is 9.53 Å². The monoisotopic (exact) mass is 218 g/mol. The maximum Gasteiger partial charge on any atom is 0.253 e. The molecule has 0 bridgehead atoms. The highest BCUT2D eigenvalue weighted by molar-refractivity contribution is 7.80. The summed E-state index contributed by atoms with van der Waals surface area (Å²) in [5.41, 5.74) is 4.56. The zero-order valence-electron chi connectivity index (χ0n) is 9.16. The lowest BCUT2D eigenvalue weighted by Gasteiger charge is -2.27. The number of methoxy groups -OCH3 is 1. The molecule has 0 aromatic carbocycles. The Labute approximate surface area is 90.4 Å². The molecule has 0 aliphatic rings. The van der Waals surface area contributed by atoms with E-state index in [1.165, 1.54) is 7.11 Å². The number of ether oxygens (including phenoxy) is 1. The van der Waals surface area contributed by atoms with Crippen molar-refractivity contribution in [3.05, 3.63) is 0 Å². The summed E-state index contributed by atoms with van der Waals surface area (Å²) in [6.45, 7) is 3.99. The van der Waals surface area contributed by atoms with Crippen molar-refractivity contribution >= 4 is 23.1 Å². The van der Waals surface area contributed by atoms with Gasteiger partial charge in [-0.1, -0.05) is 12.2 Å². The highest BCUT2D eigenvalue weighted by Crippen LogP contribution is 2.11. The maximum absolute atomic E-state index is 11.7. The average molecular weight is 218 g/mol. The van der Waals surface area contributed by atoms with Crippen LogP contribution in [0, 0.1) is 0 Å². The summed E-state index contributed by atoms with van der Waals surface area (Å²) >= 11 is 4.73. The lowest BCUT2D eigenvalue weighted by atomic mass is 10.1. The largest absolute Gasteiger partial charge is 0.393 e. The highest BCUT2D eigenvalue weighted by Gasteiger charge is 2.29. The van der Waals surface area contributed by atoms with Crippen LogP contribution in [0.15, 0.2) is 0 Å². The van der Waals surface area contributed by atoms with Crippen LogP contribution in [0.5, 0.6) is 0 Å².